The minimum atomic E-state index is -0.326. The largest absolute Gasteiger partial charge is 0.497 e. The summed E-state index contributed by atoms with van der Waals surface area (Å²) in [6.07, 6.45) is 0. The predicted molar refractivity (Wildman–Crippen MR) is 112 cm³/mol. The number of carbonyl (C=O) groups excluding carboxylic acids is 2. The van der Waals surface area contributed by atoms with Gasteiger partial charge in [0.1, 0.15) is 12.3 Å². The summed E-state index contributed by atoms with van der Waals surface area (Å²) in [4.78, 5) is 28.7. The molecule has 3 amide bonds. The van der Waals surface area contributed by atoms with Crippen molar-refractivity contribution in [3.63, 3.8) is 0 Å². The van der Waals surface area contributed by atoms with Crippen molar-refractivity contribution >= 4 is 33.6 Å². The zero-order chi connectivity index (χ0) is 20.5. The standard InChI is InChI=1S/C21H22BrN3O4/c1-29-16-4-2-3-15(9-16)23-21(28)24-10-17-20(13-5-7-14(22)8-6-13)18(12-26)25(17)19(27)11-24/h2-9,17-18,20,26H,10-12H2,1H3,(H,23,28)/t17-,18+,20-/m1/s1. The number of methoxy groups -OCH3 is 1. The smallest absolute Gasteiger partial charge is 0.322 e. The van der Waals surface area contributed by atoms with Gasteiger partial charge in [-0.05, 0) is 29.8 Å². The van der Waals surface area contributed by atoms with Gasteiger partial charge < -0.3 is 25.0 Å². The van der Waals surface area contributed by atoms with E-state index in [1.807, 2.05) is 24.3 Å². The topological polar surface area (TPSA) is 82.1 Å². The summed E-state index contributed by atoms with van der Waals surface area (Å²) in [5, 5.41) is 12.7. The van der Waals surface area contributed by atoms with Crippen molar-refractivity contribution in [2.45, 2.75) is 18.0 Å². The van der Waals surface area contributed by atoms with E-state index in [4.69, 9.17) is 4.74 Å². The molecule has 4 rings (SSSR count). The summed E-state index contributed by atoms with van der Waals surface area (Å²) in [6.45, 7) is 0.313. The second kappa shape index (κ2) is 8.04. The Hall–Kier alpha value is -2.58. The van der Waals surface area contributed by atoms with Crippen LogP contribution in [0.1, 0.15) is 11.5 Å². The second-order valence-electron chi connectivity index (χ2n) is 7.24. The van der Waals surface area contributed by atoms with Gasteiger partial charge in [-0.25, -0.2) is 4.79 Å². The monoisotopic (exact) mass is 459 g/mol. The fraction of sp³-hybridized carbons (Fsp3) is 0.333. The normalized spacial score (nSPS) is 23.3. The molecule has 29 heavy (non-hydrogen) atoms. The molecule has 0 saturated carbocycles. The number of carbonyl (C=O) groups is 2. The van der Waals surface area contributed by atoms with Crippen molar-refractivity contribution in [3.05, 3.63) is 58.6 Å². The van der Waals surface area contributed by atoms with Gasteiger partial charge in [-0.3, -0.25) is 4.79 Å². The third kappa shape index (κ3) is 3.70. The summed E-state index contributed by atoms with van der Waals surface area (Å²) < 4.78 is 6.15. The fourth-order valence-corrected chi connectivity index (χ4v) is 4.51. The fourth-order valence-electron chi connectivity index (χ4n) is 4.24. The number of benzene rings is 2. The SMILES string of the molecule is COc1cccc(NC(=O)N2CC(=O)N3[C@H](C2)[C@@H](c2ccc(Br)cc2)[C@@H]3CO)c1. The van der Waals surface area contributed by atoms with Gasteiger partial charge in [-0.2, -0.15) is 0 Å². The van der Waals surface area contributed by atoms with Crippen LogP contribution in [0.25, 0.3) is 0 Å². The number of amides is 3. The van der Waals surface area contributed by atoms with Crippen LogP contribution in [0.2, 0.25) is 0 Å². The number of aliphatic hydroxyl groups is 1. The Balaban J connectivity index is 1.51. The average molecular weight is 460 g/mol. The average Bonchev–Trinajstić information content (AvgIpc) is 2.71. The number of fused-ring (bicyclic) bond motifs is 1. The number of halogens is 1. The van der Waals surface area contributed by atoms with Gasteiger partial charge >= 0.3 is 6.03 Å². The third-order valence-electron chi connectivity index (χ3n) is 5.62. The maximum absolute atomic E-state index is 12.8. The number of ether oxygens (including phenoxy) is 1. The van der Waals surface area contributed by atoms with E-state index in [9.17, 15) is 14.7 Å². The molecule has 0 bridgehead atoms. The lowest BCUT2D eigenvalue weighted by Crippen LogP contribution is -2.73. The van der Waals surface area contributed by atoms with Crippen LogP contribution in [0.15, 0.2) is 53.0 Å². The van der Waals surface area contributed by atoms with Crippen LogP contribution in [0.3, 0.4) is 0 Å². The molecule has 0 aliphatic carbocycles. The number of urea groups is 1. The Morgan fingerprint density at radius 3 is 2.72 bits per heavy atom. The van der Waals surface area contributed by atoms with Crippen LogP contribution >= 0.6 is 15.9 Å². The van der Waals surface area contributed by atoms with Gasteiger partial charge in [0.25, 0.3) is 0 Å². The van der Waals surface area contributed by atoms with E-state index < -0.39 is 0 Å². The van der Waals surface area contributed by atoms with E-state index in [0.717, 1.165) is 10.0 Å². The molecule has 2 aromatic carbocycles. The highest BCUT2D eigenvalue weighted by Crippen LogP contribution is 2.43. The van der Waals surface area contributed by atoms with Crippen LogP contribution in [0.4, 0.5) is 10.5 Å². The molecule has 2 aromatic rings. The van der Waals surface area contributed by atoms with Gasteiger partial charge in [0.2, 0.25) is 5.91 Å². The van der Waals surface area contributed by atoms with Crippen LogP contribution in [-0.2, 0) is 4.79 Å². The molecular weight excluding hydrogens is 438 g/mol. The van der Waals surface area contributed by atoms with Gasteiger partial charge in [0.15, 0.2) is 0 Å². The molecule has 2 N–H and O–H groups in total. The van der Waals surface area contributed by atoms with Gasteiger partial charge in [0.05, 0.1) is 25.8 Å². The van der Waals surface area contributed by atoms with E-state index in [0.29, 0.717) is 18.0 Å². The van der Waals surface area contributed by atoms with Crippen LogP contribution in [0.5, 0.6) is 5.75 Å². The molecular formula is C21H22BrN3O4. The molecule has 3 atom stereocenters. The van der Waals surface area contributed by atoms with Crippen LogP contribution in [0, 0.1) is 0 Å². The number of anilines is 1. The molecule has 152 valence electrons. The number of piperazine rings is 1. The van der Waals surface area contributed by atoms with Crippen molar-refractivity contribution in [1.82, 2.24) is 9.80 Å². The minimum absolute atomic E-state index is 0.00411. The summed E-state index contributed by atoms with van der Waals surface area (Å²) in [5.41, 5.74) is 1.66. The highest BCUT2D eigenvalue weighted by Gasteiger charge is 2.54. The Morgan fingerprint density at radius 2 is 2.03 bits per heavy atom. The lowest BCUT2D eigenvalue weighted by atomic mass is 9.74. The number of aliphatic hydroxyl groups excluding tert-OH is 1. The lowest BCUT2D eigenvalue weighted by molar-refractivity contribution is -0.159. The molecule has 2 saturated heterocycles. The first-order valence-corrected chi connectivity index (χ1v) is 10.2. The van der Waals surface area contributed by atoms with Crippen molar-refractivity contribution in [2.75, 3.05) is 32.1 Å². The zero-order valence-electron chi connectivity index (χ0n) is 15.9. The highest BCUT2D eigenvalue weighted by atomic mass is 79.9. The van der Waals surface area contributed by atoms with Crippen molar-refractivity contribution in [2.24, 2.45) is 0 Å². The number of nitrogens with one attached hydrogen (secondary N) is 1. The third-order valence-corrected chi connectivity index (χ3v) is 6.14. The summed E-state index contributed by atoms with van der Waals surface area (Å²) in [7, 11) is 1.56. The molecule has 8 heteroatoms. The molecule has 2 fully saturated rings. The maximum Gasteiger partial charge on any atom is 0.322 e. The molecule has 2 aliphatic heterocycles. The Kier molecular flexibility index (Phi) is 5.47. The second-order valence-corrected chi connectivity index (χ2v) is 8.15. The summed E-state index contributed by atoms with van der Waals surface area (Å²) >= 11 is 3.43. The van der Waals surface area contributed by atoms with Crippen molar-refractivity contribution < 1.29 is 19.4 Å². The number of hydrogen-bond acceptors (Lipinski definition) is 4. The van der Waals surface area contributed by atoms with E-state index in [2.05, 4.69) is 21.2 Å². The number of rotatable bonds is 4. The lowest BCUT2D eigenvalue weighted by Gasteiger charge is -2.58. The quantitative estimate of drug-likeness (QED) is 0.736. The summed E-state index contributed by atoms with van der Waals surface area (Å²) in [5.74, 6) is 0.489. The van der Waals surface area contributed by atoms with Crippen molar-refractivity contribution in [3.8, 4) is 5.75 Å². The van der Waals surface area contributed by atoms with E-state index in [1.54, 1.807) is 36.3 Å². The molecule has 7 nitrogen and oxygen atoms in total. The number of nitrogens with zero attached hydrogens (tertiary/aromatic N) is 2. The first kappa shape index (κ1) is 19.7. The van der Waals surface area contributed by atoms with Crippen LogP contribution in [-0.4, -0.2) is 65.7 Å². The summed E-state index contributed by atoms with van der Waals surface area (Å²) in [6, 6.07) is 14.2. The zero-order valence-corrected chi connectivity index (χ0v) is 17.5. The maximum atomic E-state index is 12.8. The molecule has 0 radical (unpaired) electrons. The van der Waals surface area contributed by atoms with E-state index in [1.165, 1.54) is 4.90 Å². The van der Waals surface area contributed by atoms with Gasteiger partial charge in [0, 0.05) is 28.7 Å². The van der Waals surface area contributed by atoms with E-state index >= 15 is 0 Å². The van der Waals surface area contributed by atoms with Gasteiger partial charge in [-0.1, -0.05) is 34.1 Å². The molecule has 2 aliphatic rings. The molecule has 0 aromatic heterocycles. The highest BCUT2D eigenvalue weighted by molar-refractivity contribution is 9.10. The molecule has 0 spiro atoms. The Bertz CT molecular complexity index is 920. The first-order chi connectivity index (χ1) is 14.0. The van der Waals surface area contributed by atoms with Gasteiger partial charge in [-0.15, -0.1) is 0 Å². The first-order valence-electron chi connectivity index (χ1n) is 9.39. The predicted octanol–water partition coefficient (Wildman–Crippen LogP) is 2.66. The number of hydrogen-bond donors (Lipinski definition) is 2. The molecule has 0 unspecified atom stereocenters. The van der Waals surface area contributed by atoms with Crippen molar-refractivity contribution in [1.29, 1.82) is 0 Å². The Morgan fingerprint density at radius 1 is 1.28 bits per heavy atom. The van der Waals surface area contributed by atoms with E-state index in [-0.39, 0.29) is 43.1 Å². The molecule has 2 heterocycles. The minimum Gasteiger partial charge on any atom is -0.497 e. The Labute approximate surface area is 177 Å². The van der Waals surface area contributed by atoms with Crippen LogP contribution < -0.4 is 10.1 Å².